The van der Waals surface area contributed by atoms with Crippen molar-refractivity contribution in [3.05, 3.63) is 156 Å². The number of furan rings is 1. The third-order valence-electron chi connectivity index (χ3n) is 7.25. The number of thioether (sulfide) groups is 1. The molecule has 208 valence electrons. The molecule has 0 radical (unpaired) electrons. The number of para-hydroxylation sites is 1. The molecule has 0 aliphatic carbocycles. The molecule has 0 spiro atoms. The largest absolute Gasteiger partial charge is 0.467 e. The predicted molar refractivity (Wildman–Crippen MR) is 175 cm³/mol. The summed E-state index contributed by atoms with van der Waals surface area (Å²) in [5.41, 5.74) is 7.44. The molecule has 0 amide bonds. The van der Waals surface area contributed by atoms with Crippen molar-refractivity contribution in [3.63, 3.8) is 0 Å². The van der Waals surface area contributed by atoms with E-state index in [1.807, 2.05) is 54.6 Å². The van der Waals surface area contributed by atoms with Crippen LogP contribution in [-0.2, 0) is 12.3 Å². The summed E-state index contributed by atoms with van der Waals surface area (Å²) in [5.74, 6) is 2.40. The highest BCUT2D eigenvalue weighted by atomic mass is 32.2. The quantitative estimate of drug-likeness (QED) is 0.127. The van der Waals surface area contributed by atoms with Crippen LogP contribution in [-0.4, -0.2) is 19.7 Å². The summed E-state index contributed by atoms with van der Waals surface area (Å²) >= 11 is 1.67. The minimum absolute atomic E-state index is 0.526. The van der Waals surface area contributed by atoms with E-state index in [0.29, 0.717) is 6.54 Å². The van der Waals surface area contributed by atoms with Gasteiger partial charge >= 0.3 is 0 Å². The van der Waals surface area contributed by atoms with Gasteiger partial charge in [-0.25, -0.2) is 4.98 Å². The van der Waals surface area contributed by atoms with Crippen LogP contribution in [0.5, 0.6) is 0 Å². The van der Waals surface area contributed by atoms with Crippen molar-refractivity contribution in [2.75, 3.05) is 0 Å². The monoisotopic (exact) mass is 576 g/mol. The molecule has 0 aliphatic heterocycles. The first kappa shape index (κ1) is 26.7. The predicted octanol–water partition coefficient (Wildman–Crippen LogP) is 9.26. The molecule has 3 aromatic heterocycles. The molecular weight excluding hydrogens is 549 g/mol. The van der Waals surface area contributed by atoms with E-state index in [1.54, 1.807) is 18.0 Å². The van der Waals surface area contributed by atoms with Crippen LogP contribution in [0.25, 0.3) is 45.7 Å². The van der Waals surface area contributed by atoms with E-state index >= 15 is 0 Å². The van der Waals surface area contributed by atoms with Crippen LogP contribution in [0.4, 0.5) is 0 Å². The third kappa shape index (κ3) is 6.05. The van der Waals surface area contributed by atoms with Crippen molar-refractivity contribution in [2.24, 2.45) is 0 Å². The lowest BCUT2D eigenvalue weighted by Gasteiger charge is -2.12. The molecule has 0 atom stereocenters. The van der Waals surface area contributed by atoms with E-state index in [2.05, 4.69) is 94.6 Å². The van der Waals surface area contributed by atoms with Gasteiger partial charge in [-0.3, -0.25) is 4.57 Å². The van der Waals surface area contributed by atoms with Crippen LogP contribution in [0.15, 0.2) is 143 Å². The molecule has 0 saturated carbocycles. The fourth-order valence-corrected chi connectivity index (χ4v) is 5.94. The molecule has 4 aromatic carbocycles. The second-order valence-electron chi connectivity index (χ2n) is 10.2. The average Bonchev–Trinajstić information content (AvgIpc) is 3.74. The Balaban J connectivity index is 1.20. The van der Waals surface area contributed by atoms with Gasteiger partial charge in [0.15, 0.2) is 11.0 Å². The third-order valence-corrected chi connectivity index (χ3v) is 8.29. The molecule has 7 rings (SSSR count). The van der Waals surface area contributed by atoms with Crippen molar-refractivity contribution < 1.29 is 4.42 Å². The maximum atomic E-state index is 5.76. The average molecular weight is 577 g/mol. The molecule has 43 heavy (non-hydrogen) atoms. The molecule has 0 fully saturated rings. The second-order valence-corrected chi connectivity index (χ2v) is 11.1. The Morgan fingerprint density at radius 3 is 2.19 bits per heavy atom. The molecule has 6 heteroatoms. The summed E-state index contributed by atoms with van der Waals surface area (Å²) in [4.78, 5) is 4.97. The first-order valence-electron chi connectivity index (χ1n) is 14.2. The Kier molecular flexibility index (Phi) is 7.66. The maximum absolute atomic E-state index is 5.76. The molecule has 0 bridgehead atoms. The lowest BCUT2D eigenvalue weighted by Crippen LogP contribution is -2.04. The SMILES string of the molecule is C(=C\c1ccc(CSc2nnc(-c3cc(-c4ccccc4)nc4ccccc34)n2Cc2ccco2)cc1)/c1ccccc1. The van der Waals surface area contributed by atoms with Crippen molar-refractivity contribution in [2.45, 2.75) is 17.5 Å². The van der Waals surface area contributed by atoms with E-state index in [-0.39, 0.29) is 0 Å². The zero-order chi connectivity index (χ0) is 28.8. The van der Waals surface area contributed by atoms with Crippen LogP contribution in [0.2, 0.25) is 0 Å². The molecule has 0 saturated heterocycles. The van der Waals surface area contributed by atoms with Gasteiger partial charge in [-0.05, 0) is 41.0 Å². The van der Waals surface area contributed by atoms with Crippen LogP contribution >= 0.6 is 11.8 Å². The van der Waals surface area contributed by atoms with Crippen molar-refractivity contribution in [3.8, 4) is 22.6 Å². The molecule has 0 unspecified atom stereocenters. The van der Waals surface area contributed by atoms with Gasteiger partial charge in [0.25, 0.3) is 0 Å². The van der Waals surface area contributed by atoms with E-state index < -0.39 is 0 Å². The highest BCUT2D eigenvalue weighted by Crippen LogP contribution is 2.34. The fraction of sp³-hybridized carbons (Fsp3) is 0.0541. The number of nitrogens with zero attached hydrogens (tertiary/aromatic N) is 4. The normalized spacial score (nSPS) is 11.4. The summed E-state index contributed by atoms with van der Waals surface area (Å²) in [6.07, 6.45) is 5.98. The maximum Gasteiger partial charge on any atom is 0.192 e. The topological polar surface area (TPSA) is 56.7 Å². The van der Waals surface area contributed by atoms with Crippen LogP contribution in [0.3, 0.4) is 0 Å². The van der Waals surface area contributed by atoms with Crippen LogP contribution < -0.4 is 0 Å². The first-order valence-corrected chi connectivity index (χ1v) is 15.1. The van der Waals surface area contributed by atoms with Gasteiger partial charge in [-0.2, -0.15) is 0 Å². The Labute approximate surface area is 254 Å². The number of aromatic nitrogens is 4. The number of pyridine rings is 1. The molecule has 5 nitrogen and oxygen atoms in total. The Bertz CT molecular complexity index is 1980. The van der Waals surface area contributed by atoms with Gasteiger partial charge in [-0.15, -0.1) is 10.2 Å². The summed E-state index contributed by atoms with van der Waals surface area (Å²) in [6.45, 7) is 0.526. The zero-order valence-electron chi connectivity index (χ0n) is 23.4. The molecular formula is C37H28N4OS. The summed E-state index contributed by atoms with van der Waals surface area (Å²) in [5, 5.41) is 11.3. The summed E-state index contributed by atoms with van der Waals surface area (Å²) in [6, 6.07) is 43.5. The van der Waals surface area contributed by atoms with Crippen molar-refractivity contribution in [1.29, 1.82) is 0 Å². The van der Waals surface area contributed by atoms with E-state index in [9.17, 15) is 0 Å². The lowest BCUT2D eigenvalue weighted by atomic mass is 10.0. The number of rotatable bonds is 9. The Hall–Kier alpha value is -5.20. The number of hydrogen-bond donors (Lipinski definition) is 0. The fourth-order valence-electron chi connectivity index (χ4n) is 5.04. The summed E-state index contributed by atoms with van der Waals surface area (Å²) < 4.78 is 7.91. The lowest BCUT2D eigenvalue weighted by molar-refractivity contribution is 0.485. The summed E-state index contributed by atoms with van der Waals surface area (Å²) in [7, 11) is 0. The second kappa shape index (κ2) is 12.3. The van der Waals surface area contributed by atoms with Crippen molar-refractivity contribution >= 4 is 34.8 Å². The zero-order valence-corrected chi connectivity index (χ0v) is 24.2. The van der Waals surface area contributed by atoms with Gasteiger partial charge in [0, 0.05) is 22.3 Å². The van der Waals surface area contributed by atoms with Gasteiger partial charge in [0.2, 0.25) is 0 Å². The number of benzene rings is 4. The molecule has 7 aromatic rings. The highest BCUT2D eigenvalue weighted by molar-refractivity contribution is 7.98. The van der Waals surface area contributed by atoms with Gasteiger partial charge < -0.3 is 4.42 Å². The standard InChI is InChI=1S/C37H28N4OS/c1-3-10-27(11-4-1)17-18-28-19-21-29(22-20-28)26-43-37-40-39-36(41(37)25-31-14-9-23-42-31)33-24-35(30-12-5-2-6-13-30)38-34-16-8-7-15-32(33)34/h1-24H,25-26H2/b18-17+. The van der Waals surface area contributed by atoms with E-state index in [0.717, 1.165) is 50.2 Å². The van der Waals surface area contributed by atoms with E-state index in [4.69, 9.17) is 14.5 Å². The van der Waals surface area contributed by atoms with Gasteiger partial charge in [0.1, 0.15) is 5.76 Å². The van der Waals surface area contributed by atoms with Crippen LogP contribution in [0.1, 0.15) is 22.5 Å². The Morgan fingerprint density at radius 2 is 1.42 bits per heavy atom. The van der Waals surface area contributed by atoms with Gasteiger partial charge in [-0.1, -0.05) is 127 Å². The van der Waals surface area contributed by atoms with E-state index in [1.165, 1.54) is 16.7 Å². The van der Waals surface area contributed by atoms with Gasteiger partial charge in [0.05, 0.1) is 24.0 Å². The molecule has 0 aliphatic rings. The Morgan fingerprint density at radius 1 is 0.698 bits per heavy atom. The first-order chi connectivity index (χ1) is 21.3. The molecule has 3 heterocycles. The molecule has 0 N–H and O–H groups in total. The number of hydrogen-bond acceptors (Lipinski definition) is 5. The number of fused-ring (bicyclic) bond motifs is 1. The van der Waals surface area contributed by atoms with Crippen LogP contribution in [0, 0.1) is 0 Å². The van der Waals surface area contributed by atoms with Crippen molar-refractivity contribution in [1.82, 2.24) is 19.7 Å². The minimum Gasteiger partial charge on any atom is -0.467 e. The highest BCUT2D eigenvalue weighted by Gasteiger charge is 2.19. The smallest absolute Gasteiger partial charge is 0.192 e. The minimum atomic E-state index is 0.526.